The van der Waals surface area contributed by atoms with Gasteiger partial charge in [0.2, 0.25) is 12.2 Å². The van der Waals surface area contributed by atoms with Gasteiger partial charge in [-0.25, -0.2) is 0 Å². The lowest BCUT2D eigenvalue weighted by Crippen LogP contribution is -2.37. The molecule has 0 spiro atoms. The van der Waals surface area contributed by atoms with Crippen molar-refractivity contribution in [2.45, 2.75) is 12.7 Å². The van der Waals surface area contributed by atoms with E-state index in [1.165, 1.54) is 6.07 Å². The summed E-state index contributed by atoms with van der Waals surface area (Å²) in [6.07, 6.45) is -3.58. The Morgan fingerprint density at radius 3 is 2.64 bits per heavy atom. The van der Waals surface area contributed by atoms with Gasteiger partial charge in [-0.15, -0.1) is 0 Å². The number of anilines is 2. The number of nitrogens with one attached hydrogen (secondary N) is 1. The molecule has 2 heterocycles. The zero-order valence-electron chi connectivity index (χ0n) is 14.3. The first-order chi connectivity index (χ1) is 13.2. The number of alkyl halides is 3. The lowest BCUT2D eigenvalue weighted by atomic mass is 10.1. The van der Waals surface area contributed by atoms with Crippen molar-refractivity contribution in [3.05, 3.63) is 40.2 Å². The van der Waals surface area contributed by atoms with Crippen LogP contribution in [-0.2, 0) is 22.3 Å². The summed E-state index contributed by atoms with van der Waals surface area (Å²) in [7, 11) is 0. The fourth-order valence-corrected chi connectivity index (χ4v) is 2.67. The first kappa shape index (κ1) is 19.5. The molecule has 0 aliphatic carbocycles. The van der Waals surface area contributed by atoms with Crippen molar-refractivity contribution in [2.75, 3.05) is 36.5 Å². The third-order valence-corrected chi connectivity index (χ3v) is 3.94. The zero-order valence-corrected chi connectivity index (χ0v) is 14.3. The topological polar surface area (TPSA) is 115 Å². The highest BCUT2D eigenvalue weighted by atomic mass is 19.4. The van der Waals surface area contributed by atoms with E-state index in [4.69, 9.17) is 4.74 Å². The molecule has 10 nitrogen and oxygen atoms in total. The molecule has 1 aromatic heterocycles. The Balaban J connectivity index is 1.82. The van der Waals surface area contributed by atoms with Crippen LogP contribution in [0.25, 0.3) is 0 Å². The summed E-state index contributed by atoms with van der Waals surface area (Å²) < 4.78 is 45.4. The highest BCUT2D eigenvalue weighted by Gasteiger charge is 2.32. The van der Waals surface area contributed by atoms with Crippen molar-refractivity contribution in [2.24, 2.45) is 0 Å². The monoisotopic (exact) mass is 400 g/mol. The molecule has 1 N–H and O–H groups in total. The van der Waals surface area contributed by atoms with E-state index in [9.17, 15) is 28.1 Å². The van der Waals surface area contributed by atoms with E-state index in [-0.39, 0.29) is 5.69 Å². The molecule has 1 aliphatic rings. The predicted octanol–water partition coefficient (Wildman–Crippen LogP) is 1.68. The van der Waals surface area contributed by atoms with Gasteiger partial charge in [0.05, 0.1) is 30.2 Å². The molecule has 13 heteroatoms. The minimum absolute atomic E-state index is 0.0173. The standard InChI is InChI=1S/C15H15F3N6O4/c16-15(17,18)10-1-2-12(22-3-5-28-6-4-22)11(7-10)20-13(25)8-23-9-19-14(21-23)24(26)27/h1-2,7,9H,3-6,8H2,(H,20,25). The van der Waals surface area contributed by atoms with Crippen LogP contribution in [0.15, 0.2) is 24.5 Å². The van der Waals surface area contributed by atoms with E-state index in [1.54, 1.807) is 4.90 Å². The smallest absolute Gasteiger partial charge is 0.390 e. The summed E-state index contributed by atoms with van der Waals surface area (Å²) in [5.74, 6) is -1.38. The second kappa shape index (κ2) is 7.80. The number of hydrogen-bond donors (Lipinski definition) is 1. The minimum atomic E-state index is -4.57. The number of ether oxygens (including phenoxy) is 1. The van der Waals surface area contributed by atoms with Gasteiger partial charge in [-0.3, -0.25) is 4.79 Å². The zero-order chi connectivity index (χ0) is 20.3. The predicted molar refractivity (Wildman–Crippen MR) is 89.8 cm³/mol. The van der Waals surface area contributed by atoms with Crippen LogP contribution in [-0.4, -0.2) is 51.9 Å². The second-order valence-electron chi connectivity index (χ2n) is 5.88. The van der Waals surface area contributed by atoms with Gasteiger partial charge in [-0.2, -0.15) is 17.9 Å². The average Bonchev–Trinajstić information content (AvgIpc) is 3.10. The Morgan fingerprint density at radius 1 is 1.32 bits per heavy atom. The molecule has 2 aromatic rings. The number of carbonyl (C=O) groups is 1. The summed E-state index contributed by atoms with van der Waals surface area (Å²) in [6.45, 7) is 1.31. The van der Waals surface area contributed by atoms with Gasteiger partial charge < -0.3 is 25.1 Å². The van der Waals surface area contributed by atoms with Crippen LogP contribution in [0.3, 0.4) is 0 Å². The van der Waals surface area contributed by atoms with Crippen molar-refractivity contribution in [1.82, 2.24) is 14.8 Å². The maximum atomic E-state index is 13.1. The van der Waals surface area contributed by atoms with Crippen molar-refractivity contribution < 1.29 is 27.6 Å². The van der Waals surface area contributed by atoms with Crippen molar-refractivity contribution in [3.8, 4) is 0 Å². The van der Waals surface area contributed by atoms with Gasteiger partial charge in [0.1, 0.15) is 6.54 Å². The van der Waals surface area contributed by atoms with Crippen LogP contribution < -0.4 is 10.2 Å². The molecule has 1 saturated heterocycles. The van der Waals surface area contributed by atoms with Gasteiger partial charge in [0.15, 0.2) is 0 Å². The Hall–Kier alpha value is -3.22. The molecule has 0 radical (unpaired) electrons. The number of amides is 1. The molecule has 0 atom stereocenters. The quantitative estimate of drug-likeness (QED) is 0.600. The van der Waals surface area contributed by atoms with Crippen LogP contribution >= 0.6 is 0 Å². The second-order valence-corrected chi connectivity index (χ2v) is 5.88. The minimum Gasteiger partial charge on any atom is -0.390 e. The molecule has 1 aromatic carbocycles. The molecular weight excluding hydrogens is 385 g/mol. The van der Waals surface area contributed by atoms with Gasteiger partial charge in [-0.05, 0) is 23.1 Å². The number of benzene rings is 1. The fraction of sp³-hybridized carbons (Fsp3) is 0.400. The van der Waals surface area contributed by atoms with E-state index in [1.807, 2.05) is 0 Å². The van der Waals surface area contributed by atoms with E-state index < -0.39 is 35.1 Å². The fourth-order valence-electron chi connectivity index (χ4n) is 2.67. The molecule has 1 fully saturated rings. The van der Waals surface area contributed by atoms with Gasteiger partial charge in [0.25, 0.3) is 0 Å². The molecule has 1 amide bonds. The van der Waals surface area contributed by atoms with Gasteiger partial charge in [-0.1, -0.05) is 4.98 Å². The highest BCUT2D eigenvalue weighted by molar-refractivity contribution is 5.94. The molecule has 1 aliphatic heterocycles. The Kier molecular flexibility index (Phi) is 5.44. The molecule has 0 bridgehead atoms. The number of morpholine rings is 1. The molecule has 28 heavy (non-hydrogen) atoms. The van der Waals surface area contributed by atoms with Crippen LogP contribution in [0.1, 0.15) is 5.56 Å². The Morgan fingerprint density at radius 2 is 2.04 bits per heavy atom. The molecular formula is C15H15F3N6O4. The summed E-state index contributed by atoms with van der Waals surface area (Å²) >= 11 is 0. The van der Waals surface area contributed by atoms with Gasteiger partial charge >= 0.3 is 12.1 Å². The third-order valence-electron chi connectivity index (χ3n) is 3.94. The number of hydrogen-bond acceptors (Lipinski definition) is 7. The van der Waals surface area contributed by atoms with Crippen molar-refractivity contribution in [1.29, 1.82) is 0 Å². The average molecular weight is 400 g/mol. The summed E-state index contributed by atoms with van der Waals surface area (Å²) in [4.78, 5) is 27.2. The largest absolute Gasteiger partial charge is 0.490 e. The number of rotatable bonds is 5. The first-order valence-electron chi connectivity index (χ1n) is 8.11. The highest BCUT2D eigenvalue weighted by Crippen LogP contribution is 2.35. The van der Waals surface area contributed by atoms with E-state index in [2.05, 4.69) is 15.4 Å². The molecule has 0 unspecified atom stereocenters. The van der Waals surface area contributed by atoms with Gasteiger partial charge in [0, 0.05) is 18.2 Å². The molecule has 3 rings (SSSR count). The first-order valence-corrected chi connectivity index (χ1v) is 8.11. The molecule has 0 saturated carbocycles. The third kappa shape index (κ3) is 4.54. The maximum Gasteiger partial charge on any atom is 0.490 e. The van der Waals surface area contributed by atoms with Crippen molar-refractivity contribution >= 4 is 23.2 Å². The summed E-state index contributed by atoms with van der Waals surface area (Å²) in [5.41, 5.74) is -0.498. The van der Waals surface area contributed by atoms with E-state index in [0.717, 1.165) is 23.1 Å². The lowest BCUT2D eigenvalue weighted by molar-refractivity contribution is -0.394. The van der Waals surface area contributed by atoms with Crippen LogP contribution in [0.5, 0.6) is 0 Å². The number of carbonyl (C=O) groups excluding carboxylic acids is 1. The summed E-state index contributed by atoms with van der Waals surface area (Å²) in [6, 6.07) is 3.10. The lowest BCUT2D eigenvalue weighted by Gasteiger charge is -2.31. The van der Waals surface area contributed by atoms with Crippen molar-refractivity contribution in [3.63, 3.8) is 0 Å². The number of aromatic nitrogens is 3. The number of nitro groups is 1. The normalized spacial score (nSPS) is 14.8. The number of halogens is 3. The van der Waals surface area contributed by atoms with E-state index in [0.29, 0.717) is 32.0 Å². The molecule has 150 valence electrons. The van der Waals surface area contributed by atoms with E-state index >= 15 is 0 Å². The maximum absolute atomic E-state index is 13.1. The SMILES string of the molecule is O=C(Cn1cnc([N+](=O)[O-])n1)Nc1cc(C(F)(F)F)ccc1N1CCOCC1. The number of nitrogens with zero attached hydrogens (tertiary/aromatic N) is 5. The van der Waals surface area contributed by atoms with Crippen LogP contribution in [0.4, 0.5) is 30.5 Å². The Bertz CT molecular complexity index is 879. The summed E-state index contributed by atoms with van der Waals surface area (Å²) in [5, 5.41) is 16.5. The van der Waals surface area contributed by atoms with Crippen LogP contribution in [0, 0.1) is 10.1 Å². The Labute approximate surface area is 156 Å². The van der Waals surface area contributed by atoms with Crippen LogP contribution in [0.2, 0.25) is 0 Å².